The largest absolute Gasteiger partial charge is 0.206 e. The fourth-order valence-corrected chi connectivity index (χ4v) is 4.43. The highest BCUT2D eigenvalue weighted by atomic mass is 32.2. The zero-order valence-electron chi connectivity index (χ0n) is 15.0. The number of rotatable bonds is 3. The van der Waals surface area contributed by atoms with Crippen molar-refractivity contribution < 1.29 is 4.39 Å². The lowest BCUT2D eigenvalue weighted by Crippen LogP contribution is -2.11. The highest BCUT2D eigenvalue weighted by molar-refractivity contribution is 8.04. The van der Waals surface area contributed by atoms with E-state index in [0.717, 1.165) is 17.3 Å². The van der Waals surface area contributed by atoms with Gasteiger partial charge in [-0.15, -0.1) is 15.8 Å². The summed E-state index contributed by atoms with van der Waals surface area (Å²) in [5.74, 6) is 7.01. The van der Waals surface area contributed by atoms with Crippen LogP contribution in [0.1, 0.15) is 48.3 Å². The SMILES string of the molecule is C=CC1CCC(c2ccc(C#Cc3cc(F)c(SC#N)c(P)c3)cc2)CC1. The van der Waals surface area contributed by atoms with Crippen molar-refractivity contribution in [3.05, 3.63) is 71.6 Å². The third-order valence-corrected chi connectivity index (χ3v) is 6.45. The Morgan fingerprint density at radius 1 is 1.07 bits per heavy atom. The molecule has 4 heteroatoms. The van der Waals surface area contributed by atoms with Gasteiger partial charge in [-0.1, -0.05) is 30.0 Å². The fourth-order valence-electron chi connectivity index (χ4n) is 3.51. The second-order valence-corrected chi connectivity index (χ2v) is 8.21. The number of benzene rings is 2. The van der Waals surface area contributed by atoms with Gasteiger partial charge in [0.1, 0.15) is 11.2 Å². The molecule has 0 amide bonds. The van der Waals surface area contributed by atoms with E-state index in [1.807, 2.05) is 17.5 Å². The molecule has 0 N–H and O–H groups in total. The molecule has 2 aromatic carbocycles. The molecule has 1 saturated carbocycles. The molecule has 1 nitrogen and oxygen atoms in total. The maximum absolute atomic E-state index is 14.1. The molecule has 0 bridgehead atoms. The highest BCUT2D eigenvalue weighted by Gasteiger charge is 2.20. The number of hydrogen-bond donors (Lipinski definition) is 0. The van der Waals surface area contributed by atoms with E-state index in [9.17, 15) is 4.39 Å². The Bertz CT molecular complexity index is 903. The second-order valence-electron chi connectivity index (χ2n) is 6.79. The number of thiocyanates is 1. The quantitative estimate of drug-likeness (QED) is 0.218. The van der Waals surface area contributed by atoms with Crippen molar-refractivity contribution in [3.63, 3.8) is 0 Å². The molecule has 1 atom stereocenters. The van der Waals surface area contributed by atoms with Crippen LogP contribution >= 0.6 is 21.0 Å². The molecule has 1 fully saturated rings. The molecule has 0 heterocycles. The summed E-state index contributed by atoms with van der Waals surface area (Å²) in [5.41, 5.74) is 2.89. The topological polar surface area (TPSA) is 23.8 Å². The third kappa shape index (κ3) is 5.01. The normalized spacial score (nSPS) is 18.9. The van der Waals surface area contributed by atoms with Gasteiger partial charge in [-0.3, -0.25) is 0 Å². The van der Waals surface area contributed by atoms with Gasteiger partial charge in [0.15, 0.2) is 0 Å². The van der Waals surface area contributed by atoms with Gasteiger partial charge >= 0.3 is 0 Å². The van der Waals surface area contributed by atoms with E-state index in [0.29, 0.717) is 27.6 Å². The molecule has 2 aromatic rings. The first kappa shape index (κ1) is 19.7. The van der Waals surface area contributed by atoms with Gasteiger partial charge in [-0.05, 0) is 84.4 Å². The number of hydrogen-bond acceptors (Lipinski definition) is 2. The molecule has 1 aliphatic carbocycles. The summed E-state index contributed by atoms with van der Waals surface area (Å²) in [6.45, 7) is 3.91. The van der Waals surface area contributed by atoms with Crippen molar-refractivity contribution in [2.45, 2.75) is 36.5 Å². The van der Waals surface area contributed by atoms with Crippen LogP contribution in [0.2, 0.25) is 0 Å². The third-order valence-electron chi connectivity index (χ3n) is 5.06. The van der Waals surface area contributed by atoms with E-state index in [4.69, 9.17) is 5.26 Å². The van der Waals surface area contributed by atoms with Crippen molar-refractivity contribution in [2.75, 3.05) is 0 Å². The highest BCUT2D eigenvalue weighted by Crippen LogP contribution is 2.36. The summed E-state index contributed by atoms with van der Waals surface area (Å²) < 4.78 is 14.1. The van der Waals surface area contributed by atoms with Gasteiger partial charge in [0.2, 0.25) is 0 Å². The average Bonchev–Trinajstić information content (AvgIpc) is 2.70. The minimum Gasteiger partial charge on any atom is -0.206 e. The van der Waals surface area contributed by atoms with Crippen molar-refractivity contribution in [1.82, 2.24) is 0 Å². The van der Waals surface area contributed by atoms with Crippen molar-refractivity contribution in [3.8, 4) is 17.2 Å². The number of thioether (sulfide) groups is 1. The Labute approximate surface area is 167 Å². The molecule has 0 aliphatic heterocycles. The van der Waals surface area contributed by atoms with Gasteiger partial charge in [0.05, 0.1) is 4.90 Å². The summed E-state index contributed by atoms with van der Waals surface area (Å²) in [4.78, 5) is 0.337. The van der Waals surface area contributed by atoms with Crippen LogP contribution in [-0.2, 0) is 0 Å². The van der Waals surface area contributed by atoms with Crippen molar-refractivity contribution in [2.24, 2.45) is 5.92 Å². The molecule has 0 spiro atoms. The van der Waals surface area contributed by atoms with E-state index in [1.54, 1.807) is 6.07 Å². The summed E-state index contributed by atoms with van der Waals surface area (Å²) >= 11 is 0.824. The number of allylic oxidation sites excluding steroid dienone is 1. The van der Waals surface area contributed by atoms with Gasteiger partial charge in [-0.2, -0.15) is 5.26 Å². The van der Waals surface area contributed by atoms with Crippen LogP contribution in [0.3, 0.4) is 0 Å². The number of nitrogens with zero attached hydrogens (tertiary/aromatic N) is 1. The van der Waals surface area contributed by atoms with E-state index < -0.39 is 5.82 Å². The molecule has 136 valence electrons. The van der Waals surface area contributed by atoms with Gasteiger partial charge in [-0.25, -0.2) is 4.39 Å². The first-order valence-corrected chi connectivity index (χ1v) is 10.4. The minimum atomic E-state index is -0.413. The van der Waals surface area contributed by atoms with Gasteiger partial charge in [0, 0.05) is 11.1 Å². The van der Waals surface area contributed by atoms with Crippen LogP contribution in [0.5, 0.6) is 0 Å². The number of halogens is 1. The van der Waals surface area contributed by atoms with Gasteiger partial charge < -0.3 is 0 Å². The lowest BCUT2D eigenvalue weighted by molar-refractivity contribution is 0.376. The van der Waals surface area contributed by atoms with E-state index in [1.165, 1.54) is 37.3 Å². The van der Waals surface area contributed by atoms with Crippen LogP contribution < -0.4 is 5.30 Å². The van der Waals surface area contributed by atoms with Crippen molar-refractivity contribution >= 4 is 26.3 Å². The summed E-state index contributed by atoms with van der Waals surface area (Å²) in [7, 11) is 2.47. The molecule has 27 heavy (non-hydrogen) atoms. The molecule has 0 aromatic heterocycles. The van der Waals surface area contributed by atoms with Crippen LogP contribution in [-0.4, -0.2) is 0 Å². The minimum absolute atomic E-state index is 0.337. The fraction of sp³-hybridized carbons (Fsp3) is 0.261. The summed E-state index contributed by atoms with van der Waals surface area (Å²) in [6.07, 6.45) is 6.96. The zero-order chi connectivity index (χ0) is 19.2. The summed E-state index contributed by atoms with van der Waals surface area (Å²) in [6, 6.07) is 11.6. The molecular weight excluding hydrogens is 372 g/mol. The first-order valence-electron chi connectivity index (χ1n) is 9.00. The zero-order valence-corrected chi connectivity index (χ0v) is 17.0. The van der Waals surface area contributed by atoms with E-state index in [-0.39, 0.29) is 0 Å². The Hall–Kier alpha value is -2.06. The molecule has 1 aliphatic rings. The van der Waals surface area contributed by atoms with Crippen molar-refractivity contribution in [1.29, 1.82) is 5.26 Å². The average molecular weight is 393 g/mol. The van der Waals surface area contributed by atoms with Crippen LogP contribution in [0.25, 0.3) is 0 Å². The van der Waals surface area contributed by atoms with Crippen LogP contribution in [0.4, 0.5) is 4.39 Å². The summed E-state index contributed by atoms with van der Waals surface area (Å²) in [5, 5.41) is 11.3. The molecule has 3 rings (SSSR count). The smallest absolute Gasteiger partial charge is 0.139 e. The maximum atomic E-state index is 14.1. The standard InChI is InChI=1S/C23H21FNPS/c1-2-16-5-9-19(10-6-16)20-11-7-17(8-12-20)3-4-18-13-21(24)23(27-15-25)22(26)14-18/h2,7-8,11-14,16,19H,1,5-6,9-10,26H2. The molecule has 1 unspecified atom stereocenters. The predicted octanol–water partition coefficient (Wildman–Crippen LogP) is 5.76. The lowest BCUT2D eigenvalue weighted by Gasteiger charge is -2.26. The Morgan fingerprint density at radius 3 is 2.33 bits per heavy atom. The predicted molar refractivity (Wildman–Crippen MR) is 115 cm³/mol. The first-order chi connectivity index (χ1) is 13.1. The molecular formula is C23H21FNPS. The Kier molecular flexibility index (Phi) is 6.73. The lowest BCUT2D eigenvalue weighted by atomic mass is 9.79. The Morgan fingerprint density at radius 2 is 1.74 bits per heavy atom. The molecule has 0 radical (unpaired) electrons. The van der Waals surface area contributed by atoms with E-state index in [2.05, 4.69) is 45.9 Å². The van der Waals surface area contributed by atoms with Gasteiger partial charge in [0.25, 0.3) is 0 Å². The van der Waals surface area contributed by atoms with Crippen LogP contribution in [0, 0.1) is 34.2 Å². The van der Waals surface area contributed by atoms with Crippen LogP contribution in [0.15, 0.2) is 53.9 Å². The maximum Gasteiger partial charge on any atom is 0.139 e. The second kappa shape index (κ2) is 9.23. The number of nitriles is 1. The van der Waals surface area contributed by atoms with E-state index >= 15 is 0 Å². The monoisotopic (exact) mass is 393 g/mol. The molecule has 0 saturated heterocycles. The Balaban J connectivity index is 1.71.